The maximum absolute atomic E-state index is 14.1. The van der Waals surface area contributed by atoms with Crippen molar-refractivity contribution in [1.29, 1.82) is 0 Å². The van der Waals surface area contributed by atoms with E-state index >= 15 is 0 Å². The number of ether oxygens (including phenoxy) is 2. The molecule has 0 N–H and O–H groups in total. The molecule has 0 aliphatic heterocycles. The Kier molecular flexibility index (Phi) is 8.75. The molecule has 0 saturated heterocycles. The standard InChI is InChI=1S/C31H34BrN3O4/c1-7-21-12-14-22(15-13-21)30(36)34(18-19(2)3)20(4)29-33-25-11-9-8-10-24(25)31(37)35(29)26-16-23(38-5)17-27(39-6)28(26)32/h8-17,19-20H,7,18H2,1-6H3. The van der Waals surface area contributed by atoms with Gasteiger partial charge < -0.3 is 14.4 Å². The normalized spacial score (nSPS) is 12.0. The molecule has 0 aliphatic carbocycles. The maximum Gasteiger partial charge on any atom is 0.266 e. The fraction of sp³-hybridized carbons (Fsp3) is 0.323. The summed E-state index contributed by atoms with van der Waals surface area (Å²) >= 11 is 3.63. The van der Waals surface area contributed by atoms with Crippen molar-refractivity contribution in [3.05, 3.63) is 92.4 Å². The van der Waals surface area contributed by atoms with Crippen LogP contribution in [-0.4, -0.2) is 41.1 Å². The largest absolute Gasteiger partial charge is 0.497 e. The van der Waals surface area contributed by atoms with Crippen LogP contribution in [0.15, 0.2) is 69.9 Å². The van der Waals surface area contributed by atoms with Crippen LogP contribution in [0.3, 0.4) is 0 Å². The van der Waals surface area contributed by atoms with E-state index in [4.69, 9.17) is 14.5 Å². The van der Waals surface area contributed by atoms with Gasteiger partial charge in [-0.2, -0.15) is 0 Å². The Morgan fingerprint density at radius 3 is 2.33 bits per heavy atom. The number of carbonyl (C=O) groups is 1. The smallest absolute Gasteiger partial charge is 0.266 e. The minimum absolute atomic E-state index is 0.116. The van der Waals surface area contributed by atoms with E-state index in [1.165, 1.54) is 0 Å². The number of aryl methyl sites for hydroxylation is 1. The maximum atomic E-state index is 14.1. The summed E-state index contributed by atoms with van der Waals surface area (Å²) < 4.78 is 13.2. The second-order valence-electron chi connectivity index (χ2n) is 9.87. The average Bonchev–Trinajstić information content (AvgIpc) is 2.95. The molecule has 7 nitrogen and oxygen atoms in total. The average molecular weight is 593 g/mol. The number of amides is 1. The Labute approximate surface area is 237 Å². The molecule has 0 bridgehead atoms. The Morgan fingerprint density at radius 1 is 1.03 bits per heavy atom. The van der Waals surface area contributed by atoms with Crippen molar-refractivity contribution in [3.8, 4) is 17.2 Å². The number of rotatable bonds is 9. The molecule has 4 aromatic rings. The Balaban J connectivity index is 1.97. The summed E-state index contributed by atoms with van der Waals surface area (Å²) in [6.45, 7) is 8.62. The monoisotopic (exact) mass is 591 g/mol. The van der Waals surface area contributed by atoms with Crippen LogP contribution < -0.4 is 15.0 Å². The predicted molar refractivity (Wildman–Crippen MR) is 158 cm³/mol. The molecule has 1 unspecified atom stereocenters. The number of hydrogen-bond donors (Lipinski definition) is 0. The zero-order valence-corrected chi connectivity index (χ0v) is 24.8. The number of carbonyl (C=O) groups excluding carboxylic acids is 1. The molecule has 4 rings (SSSR count). The van der Waals surface area contributed by atoms with Crippen LogP contribution in [0.25, 0.3) is 16.6 Å². The van der Waals surface area contributed by atoms with Gasteiger partial charge in [-0.1, -0.05) is 45.0 Å². The first-order valence-electron chi connectivity index (χ1n) is 13.0. The van der Waals surface area contributed by atoms with Crippen molar-refractivity contribution >= 4 is 32.7 Å². The molecule has 0 spiro atoms. The minimum atomic E-state index is -0.535. The minimum Gasteiger partial charge on any atom is -0.497 e. The summed E-state index contributed by atoms with van der Waals surface area (Å²) in [5.74, 6) is 1.54. The molecular weight excluding hydrogens is 558 g/mol. The lowest BCUT2D eigenvalue weighted by Gasteiger charge is -2.32. The van der Waals surface area contributed by atoms with E-state index in [9.17, 15) is 9.59 Å². The topological polar surface area (TPSA) is 73.7 Å². The second kappa shape index (κ2) is 12.0. The predicted octanol–water partition coefficient (Wildman–Crippen LogP) is 6.59. The quantitative estimate of drug-likeness (QED) is 0.219. The second-order valence-corrected chi connectivity index (χ2v) is 10.7. The van der Waals surface area contributed by atoms with Gasteiger partial charge in [0.15, 0.2) is 0 Å². The highest BCUT2D eigenvalue weighted by Crippen LogP contribution is 2.37. The summed E-state index contributed by atoms with van der Waals surface area (Å²) in [4.78, 5) is 34.8. The lowest BCUT2D eigenvalue weighted by Crippen LogP contribution is -2.39. The van der Waals surface area contributed by atoms with E-state index in [0.29, 0.717) is 50.5 Å². The number of benzene rings is 3. The Hall–Kier alpha value is -3.65. The zero-order chi connectivity index (χ0) is 28.3. The van der Waals surface area contributed by atoms with Crippen LogP contribution in [0.1, 0.15) is 55.5 Å². The van der Waals surface area contributed by atoms with Gasteiger partial charge in [-0.15, -0.1) is 0 Å². The van der Waals surface area contributed by atoms with Crippen LogP contribution >= 0.6 is 15.9 Å². The third-order valence-corrected chi connectivity index (χ3v) is 7.56. The number of methoxy groups -OCH3 is 2. The molecule has 1 heterocycles. The summed E-state index contributed by atoms with van der Waals surface area (Å²) in [6, 6.07) is 17.9. The lowest BCUT2D eigenvalue weighted by atomic mass is 10.1. The first-order chi connectivity index (χ1) is 18.7. The SMILES string of the molecule is CCc1ccc(C(=O)N(CC(C)C)C(C)c2nc3ccccc3c(=O)n2-c2cc(OC)cc(OC)c2Br)cc1. The fourth-order valence-electron chi connectivity index (χ4n) is 4.65. The van der Waals surface area contributed by atoms with E-state index in [-0.39, 0.29) is 17.4 Å². The first-order valence-corrected chi connectivity index (χ1v) is 13.8. The summed E-state index contributed by atoms with van der Waals surface area (Å²) in [7, 11) is 3.12. The Bertz CT molecular complexity index is 1550. The lowest BCUT2D eigenvalue weighted by molar-refractivity contribution is 0.0655. The van der Waals surface area contributed by atoms with Gasteiger partial charge in [0.05, 0.1) is 41.3 Å². The van der Waals surface area contributed by atoms with Crippen molar-refractivity contribution in [1.82, 2.24) is 14.5 Å². The molecule has 204 valence electrons. The van der Waals surface area contributed by atoms with Gasteiger partial charge >= 0.3 is 0 Å². The third-order valence-electron chi connectivity index (χ3n) is 6.76. The molecule has 1 aromatic heterocycles. The molecule has 0 fully saturated rings. The number of fused-ring (bicyclic) bond motifs is 1. The van der Waals surface area contributed by atoms with Crippen molar-refractivity contribution in [2.75, 3.05) is 20.8 Å². The van der Waals surface area contributed by atoms with Crippen molar-refractivity contribution < 1.29 is 14.3 Å². The number of hydrogen-bond acceptors (Lipinski definition) is 5. The number of aromatic nitrogens is 2. The van der Waals surface area contributed by atoms with Crippen LogP contribution in [0.4, 0.5) is 0 Å². The van der Waals surface area contributed by atoms with Gasteiger partial charge in [0.2, 0.25) is 0 Å². The zero-order valence-electron chi connectivity index (χ0n) is 23.2. The molecule has 0 saturated carbocycles. The van der Waals surface area contributed by atoms with Gasteiger partial charge in [-0.3, -0.25) is 14.2 Å². The molecule has 39 heavy (non-hydrogen) atoms. The van der Waals surface area contributed by atoms with Crippen LogP contribution in [0.5, 0.6) is 11.5 Å². The molecule has 0 radical (unpaired) electrons. The highest BCUT2D eigenvalue weighted by atomic mass is 79.9. The summed E-state index contributed by atoms with van der Waals surface area (Å²) in [5.41, 5.74) is 2.59. The number of halogens is 1. The van der Waals surface area contributed by atoms with Crippen LogP contribution in [0, 0.1) is 5.92 Å². The van der Waals surface area contributed by atoms with Gasteiger partial charge in [0.1, 0.15) is 17.3 Å². The van der Waals surface area contributed by atoms with Gasteiger partial charge in [0.25, 0.3) is 11.5 Å². The number of nitrogens with zero attached hydrogens (tertiary/aromatic N) is 3. The van der Waals surface area contributed by atoms with E-state index in [1.807, 2.05) is 49.4 Å². The fourth-order valence-corrected chi connectivity index (χ4v) is 5.22. The highest BCUT2D eigenvalue weighted by Gasteiger charge is 2.29. The molecule has 8 heteroatoms. The van der Waals surface area contributed by atoms with Gasteiger partial charge in [-0.05, 0) is 65.0 Å². The van der Waals surface area contributed by atoms with E-state index in [0.717, 1.165) is 12.0 Å². The van der Waals surface area contributed by atoms with Gasteiger partial charge in [0, 0.05) is 24.2 Å². The first kappa shape index (κ1) is 28.4. The summed E-state index contributed by atoms with van der Waals surface area (Å²) in [5, 5.41) is 0.471. The van der Waals surface area contributed by atoms with Crippen molar-refractivity contribution in [2.24, 2.45) is 5.92 Å². The molecule has 1 atom stereocenters. The van der Waals surface area contributed by atoms with E-state index < -0.39 is 6.04 Å². The Morgan fingerprint density at radius 2 is 1.72 bits per heavy atom. The molecule has 1 amide bonds. The molecule has 3 aromatic carbocycles. The van der Waals surface area contributed by atoms with Crippen molar-refractivity contribution in [2.45, 2.75) is 40.2 Å². The van der Waals surface area contributed by atoms with E-state index in [1.54, 1.807) is 41.9 Å². The highest BCUT2D eigenvalue weighted by molar-refractivity contribution is 9.10. The molecular formula is C31H34BrN3O4. The number of para-hydroxylation sites is 1. The third kappa shape index (κ3) is 5.71. The van der Waals surface area contributed by atoms with Crippen LogP contribution in [-0.2, 0) is 6.42 Å². The molecule has 0 aliphatic rings. The van der Waals surface area contributed by atoms with Gasteiger partial charge in [-0.25, -0.2) is 4.98 Å². The van der Waals surface area contributed by atoms with Crippen molar-refractivity contribution in [3.63, 3.8) is 0 Å². The summed E-state index contributed by atoms with van der Waals surface area (Å²) in [6.07, 6.45) is 0.896. The van der Waals surface area contributed by atoms with E-state index in [2.05, 4.69) is 36.7 Å². The van der Waals surface area contributed by atoms with Crippen LogP contribution in [0.2, 0.25) is 0 Å².